The summed E-state index contributed by atoms with van der Waals surface area (Å²) in [5.74, 6) is 0.858. The number of nitrogens with two attached hydrogens (primary N) is 1. The van der Waals surface area contributed by atoms with Crippen LogP contribution in [0.1, 0.15) is 29.8 Å². The average Bonchev–Trinajstić information content (AvgIpc) is 2.67. The minimum Gasteiger partial charge on any atom is -0.378 e. The van der Waals surface area contributed by atoms with Gasteiger partial charge >= 0.3 is 0 Å². The Labute approximate surface area is 107 Å². The van der Waals surface area contributed by atoms with Crippen LogP contribution < -0.4 is 10.6 Å². The quantitative estimate of drug-likeness (QED) is 0.844. The van der Waals surface area contributed by atoms with Crippen molar-refractivity contribution in [1.29, 1.82) is 0 Å². The van der Waals surface area contributed by atoms with E-state index in [0.717, 1.165) is 28.2 Å². The highest BCUT2D eigenvalue weighted by Gasteiger charge is 2.21. The summed E-state index contributed by atoms with van der Waals surface area (Å²) in [6, 6.07) is 0. The molecule has 96 valence electrons. The van der Waals surface area contributed by atoms with E-state index in [1.165, 1.54) is 19.3 Å². The number of hydrogen-bond donors (Lipinski definition) is 1. The molecular formula is C12H21N3OS. The summed E-state index contributed by atoms with van der Waals surface area (Å²) in [6.07, 6.45) is 4.12. The van der Waals surface area contributed by atoms with E-state index >= 15 is 0 Å². The summed E-state index contributed by atoms with van der Waals surface area (Å²) >= 11 is 1.69. The highest BCUT2D eigenvalue weighted by Crippen LogP contribution is 2.31. The van der Waals surface area contributed by atoms with Gasteiger partial charge < -0.3 is 15.4 Å². The lowest BCUT2D eigenvalue weighted by Gasteiger charge is -2.29. The third kappa shape index (κ3) is 2.97. The molecule has 1 saturated carbocycles. The van der Waals surface area contributed by atoms with Gasteiger partial charge in [0.05, 0.1) is 12.3 Å². The molecule has 1 aromatic heterocycles. The van der Waals surface area contributed by atoms with E-state index in [0.29, 0.717) is 13.2 Å². The smallest absolute Gasteiger partial charge is 0.185 e. The van der Waals surface area contributed by atoms with Crippen molar-refractivity contribution in [2.45, 2.75) is 32.4 Å². The molecule has 0 aromatic carbocycles. The molecule has 0 bridgehead atoms. The van der Waals surface area contributed by atoms with Crippen LogP contribution in [0.25, 0.3) is 0 Å². The summed E-state index contributed by atoms with van der Waals surface area (Å²) in [6.45, 7) is 2.22. The molecule has 1 fully saturated rings. The zero-order valence-electron chi connectivity index (χ0n) is 10.6. The van der Waals surface area contributed by atoms with E-state index in [-0.39, 0.29) is 0 Å². The first-order valence-corrected chi connectivity index (χ1v) is 6.95. The molecule has 0 amide bonds. The molecule has 0 saturated heterocycles. The lowest BCUT2D eigenvalue weighted by molar-refractivity contribution is 0.181. The average molecular weight is 255 g/mol. The van der Waals surface area contributed by atoms with Gasteiger partial charge in [0.1, 0.15) is 0 Å². The number of aromatic nitrogens is 1. The van der Waals surface area contributed by atoms with E-state index in [9.17, 15) is 0 Å². The van der Waals surface area contributed by atoms with Gasteiger partial charge in [-0.3, -0.25) is 0 Å². The predicted octanol–water partition coefficient (Wildman–Crippen LogP) is 1.98. The van der Waals surface area contributed by atoms with Crippen molar-refractivity contribution in [1.82, 2.24) is 4.98 Å². The molecule has 1 aliphatic rings. The van der Waals surface area contributed by atoms with Gasteiger partial charge in [0.2, 0.25) is 0 Å². The molecule has 0 atom stereocenters. The summed E-state index contributed by atoms with van der Waals surface area (Å²) in [5.41, 5.74) is 6.73. The molecule has 0 radical (unpaired) electrons. The van der Waals surface area contributed by atoms with Gasteiger partial charge in [-0.05, 0) is 18.8 Å². The molecule has 1 aromatic rings. The van der Waals surface area contributed by atoms with Crippen LogP contribution in [-0.2, 0) is 17.9 Å². The first-order valence-electron chi connectivity index (χ1n) is 6.13. The molecule has 1 heterocycles. The minimum atomic E-state index is 0.549. The Morgan fingerprint density at radius 2 is 2.29 bits per heavy atom. The Kier molecular flexibility index (Phi) is 4.36. The Bertz CT molecular complexity index is 363. The Morgan fingerprint density at radius 3 is 2.82 bits per heavy atom. The SMILES string of the molecule is COCc1nc(N(C)CC2CCC2)sc1CN. The van der Waals surface area contributed by atoms with Crippen LogP contribution in [0.15, 0.2) is 0 Å². The molecule has 2 N–H and O–H groups in total. The van der Waals surface area contributed by atoms with Crippen molar-refractivity contribution in [3.8, 4) is 0 Å². The summed E-state index contributed by atoms with van der Waals surface area (Å²) < 4.78 is 5.15. The molecule has 5 heteroatoms. The van der Waals surface area contributed by atoms with E-state index < -0.39 is 0 Å². The van der Waals surface area contributed by atoms with Crippen LogP contribution in [0.3, 0.4) is 0 Å². The second-order valence-corrected chi connectivity index (χ2v) is 5.74. The maximum atomic E-state index is 5.73. The number of rotatable bonds is 6. The fraction of sp³-hybridized carbons (Fsp3) is 0.750. The van der Waals surface area contributed by atoms with Crippen LogP contribution in [0.2, 0.25) is 0 Å². The largest absolute Gasteiger partial charge is 0.378 e. The van der Waals surface area contributed by atoms with Crippen molar-refractivity contribution >= 4 is 16.5 Å². The van der Waals surface area contributed by atoms with E-state index in [1.54, 1.807) is 18.4 Å². The first-order chi connectivity index (χ1) is 8.24. The van der Waals surface area contributed by atoms with Gasteiger partial charge in [0.25, 0.3) is 0 Å². The zero-order valence-corrected chi connectivity index (χ0v) is 11.4. The number of methoxy groups -OCH3 is 1. The van der Waals surface area contributed by atoms with Crippen LogP contribution in [0.4, 0.5) is 5.13 Å². The van der Waals surface area contributed by atoms with E-state index in [2.05, 4.69) is 16.9 Å². The molecule has 2 rings (SSSR count). The van der Waals surface area contributed by atoms with E-state index in [4.69, 9.17) is 10.5 Å². The van der Waals surface area contributed by atoms with Crippen molar-refractivity contribution in [3.05, 3.63) is 10.6 Å². The number of thiazole rings is 1. The van der Waals surface area contributed by atoms with Gasteiger partial charge in [-0.2, -0.15) is 0 Å². The van der Waals surface area contributed by atoms with Crippen LogP contribution in [0, 0.1) is 5.92 Å². The molecule has 0 spiro atoms. The highest BCUT2D eigenvalue weighted by atomic mass is 32.1. The van der Waals surface area contributed by atoms with Gasteiger partial charge in [0, 0.05) is 32.1 Å². The maximum Gasteiger partial charge on any atom is 0.185 e. The van der Waals surface area contributed by atoms with Crippen LogP contribution >= 0.6 is 11.3 Å². The van der Waals surface area contributed by atoms with Crippen LogP contribution in [0.5, 0.6) is 0 Å². The Morgan fingerprint density at radius 1 is 1.53 bits per heavy atom. The number of hydrogen-bond acceptors (Lipinski definition) is 5. The third-order valence-electron chi connectivity index (χ3n) is 3.32. The number of anilines is 1. The van der Waals surface area contributed by atoms with Crippen LogP contribution in [-0.4, -0.2) is 25.7 Å². The normalized spacial score (nSPS) is 15.9. The van der Waals surface area contributed by atoms with Gasteiger partial charge in [-0.15, -0.1) is 11.3 Å². The Balaban J connectivity index is 2.03. The Hall–Kier alpha value is -0.650. The van der Waals surface area contributed by atoms with Gasteiger partial charge in [-0.1, -0.05) is 6.42 Å². The second kappa shape index (κ2) is 5.80. The standard InChI is InChI=1S/C12H21N3OS/c1-15(7-9-4-3-5-9)12-14-10(8-16-2)11(6-13)17-12/h9H,3-8,13H2,1-2H3. The molecule has 0 aliphatic heterocycles. The van der Waals surface area contributed by atoms with Crippen molar-refractivity contribution in [2.75, 3.05) is 25.6 Å². The fourth-order valence-corrected chi connectivity index (χ4v) is 3.00. The molecule has 4 nitrogen and oxygen atoms in total. The molecule has 17 heavy (non-hydrogen) atoms. The number of ether oxygens (including phenoxy) is 1. The van der Waals surface area contributed by atoms with Gasteiger partial charge in [0.15, 0.2) is 5.13 Å². The van der Waals surface area contributed by atoms with Crippen molar-refractivity contribution in [2.24, 2.45) is 11.7 Å². The van der Waals surface area contributed by atoms with E-state index in [1.807, 2.05) is 0 Å². The number of nitrogens with zero attached hydrogens (tertiary/aromatic N) is 2. The fourth-order valence-electron chi connectivity index (χ4n) is 2.08. The molecule has 1 aliphatic carbocycles. The topological polar surface area (TPSA) is 51.4 Å². The maximum absolute atomic E-state index is 5.73. The molecular weight excluding hydrogens is 234 g/mol. The zero-order chi connectivity index (χ0) is 12.3. The molecule has 0 unspecified atom stereocenters. The van der Waals surface area contributed by atoms with Crippen molar-refractivity contribution < 1.29 is 4.74 Å². The minimum absolute atomic E-state index is 0.549. The summed E-state index contributed by atoms with van der Waals surface area (Å²) in [4.78, 5) is 8.02. The second-order valence-electron chi connectivity index (χ2n) is 4.68. The lowest BCUT2D eigenvalue weighted by atomic mass is 9.85. The summed E-state index contributed by atoms with van der Waals surface area (Å²) in [5, 5.41) is 1.07. The van der Waals surface area contributed by atoms with Gasteiger partial charge in [-0.25, -0.2) is 4.98 Å². The monoisotopic (exact) mass is 255 g/mol. The third-order valence-corrected chi connectivity index (χ3v) is 4.55. The lowest BCUT2D eigenvalue weighted by Crippen LogP contribution is -2.29. The first kappa shape index (κ1) is 12.8. The highest BCUT2D eigenvalue weighted by molar-refractivity contribution is 7.15. The summed E-state index contributed by atoms with van der Waals surface area (Å²) in [7, 11) is 3.81. The van der Waals surface area contributed by atoms with Crippen molar-refractivity contribution in [3.63, 3.8) is 0 Å². The predicted molar refractivity (Wildman–Crippen MR) is 71.3 cm³/mol.